The molecule has 0 saturated heterocycles. The fourth-order valence-corrected chi connectivity index (χ4v) is 1.23. The minimum atomic E-state index is -0.231. The van der Waals surface area contributed by atoms with Crippen LogP contribution in [0.1, 0.15) is 25.5 Å². The van der Waals surface area contributed by atoms with E-state index < -0.39 is 0 Å². The Hall–Kier alpha value is -1.51. The largest absolute Gasteiger partial charge is 0.207 e. The summed E-state index contributed by atoms with van der Waals surface area (Å²) in [6.07, 6.45) is 3.86. The Bertz CT molecular complexity index is 341. The predicted molar refractivity (Wildman–Crippen MR) is 59.4 cm³/mol. The first-order valence-corrected chi connectivity index (χ1v) is 5.02. The van der Waals surface area contributed by atoms with E-state index >= 15 is 0 Å². The molecule has 1 aromatic carbocycles. The highest BCUT2D eigenvalue weighted by atomic mass is 19.1. The summed E-state index contributed by atoms with van der Waals surface area (Å²) in [6, 6.07) is 6.24. The Balaban J connectivity index is 2.88. The van der Waals surface area contributed by atoms with Gasteiger partial charge in [0.1, 0.15) is 11.9 Å². The third-order valence-electron chi connectivity index (χ3n) is 1.93. The Labute approximate surface area is 89.5 Å². The van der Waals surface area contributed by atoms with Crippen LogP contribution in [0, 0.1) is 5.82 Å². The van der Waals surface area contributed by atoms with Crippen molar-refractivity contribution in [3.63, 3.8) is 0 Å². The van der Waals surface area contributed by atoms with Crippen LogP contribution in [-0.2, 0) is 0 Å². The molecular weight excluding hydrogens is 191 g/mol. The van der Waals surface area contributed by atoms with Crippen LogP contribution in [0.15, 0.2) is 46.6 Å². The van der Waals surface area contributed by atoms with Crippen LogP contribution in [0.3, 0.4) is 0 Å². The monoisotopic (exact) mass is 206 g/mol. The van der Waals surface area contributed by atoms with Gasteiger partial charge in [0.2, 0.25) is 0 Å². The number of benzene rings is 1. The highest BCUT2D eigenvalue weighted by molar-refractivity contribution is 5.23. The lowest BCUT2D eigenvalue weighted by molar-refractivity contribution is 0.626. The molecule has 3 heteroatoms. The van der Waals surface area contributed by atoms with E-state index in [1.54, 1.807) is 12.1 Å². The highest BCUT2D eigenvalue weighted by Gasteiger charge is 2.05. The molecule has 0 amide bonds. The summed E-state index contributed by atoms with van der Waals surface area (Å²) in [5, 5.41) is 8.12. The van der Waals surface area contributed by atoms with Crippen LogP contribution in [0.5, 0.6) is 0 Å². The van der Waals surface area contributed by atoms with Gasteiger partial charge in [-0.1, -0.05) is 24.3 Å². The third kappa shape index (κ3) is 3.62. The molecule has 0 aliphatic rings. The number of halogens is 1. The lowest BCUT2D eigenvalue weighted by Crippen LogP contribution is -1.91. The summed E-state index contributed by atoms with van der Waals surface area (Å²) in [6.45, 7) is 4.52. The van der Waals surface area contributed by atoms with Gasteiger partial charge in [0.15, 0.2) is 0 Å². The van der Waals surface area contributed by atoms with Gasteiger partial charge >= 0.3 is 0 Å². The van der Waals surface area contributed by atoms with Gasteiger partial charge < -0.3 is 0 Å². The Kier molecular flexibility index (Phi) is 4.68. The molecule has 0 bridgehead atoms. The summed E-state index contributed by atoms with van der Waals surface area (Å²) in [5.41, 5.74) is 0.951. The van der Waals surface area contributed by atoms with Gasteiger partial charge in [-0.05, 0) is 31.5 Å². The average Bonchev–Trinajstić information content (AvgIpc) is 2.25. The maximum Gasteiger partial charge on any atom is 0.123 e. The minimum Gasteiger partial charge on any atom is -0.207 e. The van der Waals surface area contributed by atoms with Crippen molar-refractivity contribution in [1.29, 1.82) is 0 Å². The molecule has 0 aromatic heterocycles. The molecule has 0 spiro atoms. The van der Waals surface area contributed by atoms with E-state index in [0.29, 0.717) is 6.54 Å². The minimum absolute atomic E-state index is 0.101. The van der Waals surface area contributed by atoms with Crippen LogP contribution < -0.4 is 0 Å². The molecule has 0 radical (unpaired) electrons. The van der Waals surface area contributed by atoms with Crippen LogP contribution in [-0.4, -0.2) is 6.54 Å². The Morgan fingerprint density at radius 3 is 2.53 bits per heavy atom. The van der Waals surface area contributed by atoms with Crippen molar-refractivity contribution in [3.8, 4) is 0 Å². The van der Waals surface area contributed by atoms with E-state index in [1.807, 2.05) is 26.0 Å². The second kappa shape index (κ2) is 6.06. The number of allylic oxidation sites excluding steroid dienone is 1. The molecule has 0 fully saturated rings. The maximum absolute atomic E-state index is 12.7. The quantitative estimate of drug-likeness (QED) is 0.527. The van der Waals surface area contributed by atoms with E-state index in [9.17, 15) is 4.39 Å². The molecule has 1 aromatic rings. The Morgan fingerprint density at radius 2 is 2.00 bits per heavy atom. The highest BCUT2D eigenvalue weighted by Crippen LogP contribution is 2.19. The van der Waals surface area contributed by atoms with Gasteiger partial charge in [-0.2, -0.15) is 10.2 Å². The molecule has 0 heterocycles. The summed E-state index contributed by atoms with van der Waals surface area (Å²) in [5.74, 6) is -0.231. The molecular formula is C12H15FN2. The molecule has 1 unspecified atom stereocenters. The second-order valence-electron chi connectivity index (χ2n) is 3.10. The number of rotatable bonds is 4. The van der Waals surface area contributed by atoms with Crippen molar-refractivity contribution in [2.24, 2.45) is 10.2 Å². The standard InChI is InChI=1S/C12H15FN2/c1-3-5-12(15-14-4-2)10-6-8-11(13)9-7-10/h3,5-9,12H,4H2,1-2H3/b5-3-,15-14?. The van der Waals surface area contributed by atoms with Crippen molar-refractivity contribution < 1.29 is 4.39 Å². The van der Waals surface area contributed by atoms with Crippen LogP contribution in [0.25, 0.3) is 0 Å². The molecule has 0 aliphatic heterocycles. The maximum atomic E-state index is 12.7. The van der Waals surface area contributed by atoms with Gasteiger partial charge in [0, 0.05) is 0 Å². The second-order valence-corrected chi connectivity index (χ2v) is 3.10. The fourth-order valence-electron chi connectivity index (χ4n) is 1.23. The molecule has 0 saturated carbocycles. The summed E-state index contributed by atoms with van der Waals surface area (Å²) in [4.78, 5) is 0. The molecule has 0 N–H and O–H groups in total. The number of nitrogens with zero attached hydrogens (tertiary/aromatic N) is 2. The molecule has 2 nitrogen and oxygen atoms in total. The number of hydrogen-bond donors (Lipinski definition) is 0. The summed E-state index contributed by atoms with van der Waals surface area (Å²) < 4.78 is 12.7. The molecule has 0 aliphatic carbocycles. The van der Waals surface area contributed by atoms with Crippen LogP contribution >= 0.6 is 0 Å². The molecule has 15 heavy (non-hydrogen) atoms. The van der Waals surface area contributed by atoms with Crippen molar-refractivity contribution in [2.75, 3.05) is 6.54 Å². The van der Waals surface area contributed by atoms with E-state index in [-0.39, 0.29) is 11.9 Å². The smallest absolute Gasteiger partial charge is 0.123 e. The normalized spacial score (nSPS) is 13.8. The van der Waals surface area contributed by atoms with Gasteiger partial charge in [0.25, 0.3) is 0 Å². The zero-order chi connectivity index (χ0) is 11.1. The van der Waals surface area contributed by atoms with Crippen molar-refractivity contribution in [1.82, 2.24) is 0 Å². The average molecular weight is 206 g/mol. The zero-order valence-electron chi connectivity index (χ0n) is 9.02. The number of hydrogen-bond acceptors (Lipinski definition) is 2. The van der Waals surface area contributed by atoms with Crippen molar-refractivity contribution in [3.05, 3.63) is 47.8 Å². The first-order valence-electron chi connectivity index (χ1n) is 5.02. The Morgan fingerprint density at radius 1 is 1.33 bits per heavy atom. The first kappa shape index (κ1) is 11.6. The van der Waals surface area contributed by atoms with E-state index in [0.717, 1.165) is 5.56 Å². The zero-order valence-corrected chi connectivity index (χ0v) is 9.02. The molecule has 80 valence electrons. The van der Waals surface area contributed by atoms with Gasteiger partial charge in [-0.3, -0.25) is 0 Å². The molecule has 1 atom stereocenters. The molecule has 1 rings (SSSR count). The van der Waals surface area contributed by atoms with Gasteiger partial charge in [-0.25, -0.2) is 4.39 Å². The van der Waals surface area contributed by atoms with Crippen molar-refractivity contribution in [2.45, 2.75) is 19.9 Å². The fraction of sp³-hybridized carbons (Fsp3) is 0.333. The van der Waals surface area contributed by atoms with Crippen molar-refractivity contribution >= 4 is 0 Å². The third-order valence-corrected chi connectivity index (χ3v) is 1.93. The summed E-state index contributed by atoms with van der Waals surface area (Å²) in [7, 11) is 0. The summed E-state index contributed by atoms with van der Waals surface area (Å²) >= 11 is 0. The van der Waals surface area contributed by atoms with Gasteiger partial charge in [0.05, 0.1) is 6.54 Å². The van der Waals surface area contributed by atoms with Gasteiger partial charge in [-0.15, -0.1) is 0 Å². The first-order chi connectivity index (χ1) is 7.27. The lowest BCUT2D eigenvalue weighted by Gasteiger charge is -2.06. The van der Waals surface area contributed by atoms with E-state index in [2.05, 4.69) is 10.2 Å². The van der Waals surface area contributed by atoms with E-state index in [1.165, 1.54) is 12.1 Å². The SMILES string of the molecule is C/C=C\C(N=NCC)c1ccc(F)cc1. The van der Waals surface area contributed by atoms with E-state index in [4.69, 9.17) is 0 Å². The number of azo groups is 1. The lowest BCUT2D eigenvalue weighted by atomic mass is 10.1. The van der Waals surface area contributed by atoms with Crippen LogP contribution in [0.4, 0.5) is 4.39 Å². The topological polar surface area (TPSA) is 24.7 Å². The predicted octanol–water partition coefficient (Wildman–Crippen LogP) is 3.92. The van der Waals surface area contributed by atoms with Crippen LogP contribution in [0.2, 0.25) is 0 Å².